The zero-order valence-electron chi connectivity index (χ0n) is 19.2. The molecule has 9 heteroatoms. The standard InChI is InChI=1S/C27H22N4O4S/c1-16(32)29-17-9-11-18(12-10-17)31-25(24(30-27(31)36)21-8-4-5-15-28-21)23-14-13-22(35-23)19-6-2-3-7-20(19)26(33)34/h2-15,24-25H,1H3,(H,29,32)(H,30,36)(H,33,34)/t24-,25-/m1/s1. The summed E-state index contributed by atoms with van der Waals surface area (Å²) in [6.07, 6.45) is 1.72. The molecule has 0 unspecified atom stereocenters. The molecule has 0 aliphatic carbocycles. The predicted molar refractivity (Wildman–Crippen MR) is 140 cm³/mol. The minimum absolute atomic E-state index is 0.154. The summed E-state index contributed by atoms with van der Waals surface area (Å²) in [5.41, 5.74) is 2.91. The highest BCUT2D eigenvalue weighted by Gasteiger charge is 2.42. The summed E-state index contributed by atoms with van der Waals surface area (Å²) in [6, 6.07) is 22.6. The lowest BCUT2D eigenvalue weighted by molar-refractivity contribution is -0.114. The number of aromatic nitrogens is 1. The van der Waals surface area contributed by atoms with E-state index in [0.29, 0.717) is 27.9 Å². The van der Waals surface area contributed by atoms with Crippen LogP contribution >= 0.6 is 12.2 Å². The lowest BCUT2D eigenvalue weighted by atomic mass is 10.0. The van der Waals surface area contributed by atoms with Crippen molar-refractivity contribution in [2.24, 2.45) is 0 Å². The van der Waals surface area contributed by atoms with Crippen LogP contribution in [0.5, 0.6) is 0 Å². The summed E-state index contributed by atoms with van der Waals surface area (Å²) in [6.45, 7) is 1.46. The van der Waals surface area contributed by atoms with E-state index in [1.165, 1.54) is 6.92 Å². The maximum atomic E-state index is 11.8. The zero-order chi connectivity index (χ0) is 25.2. The lowest BCUT2D eigenvalue weighted by Crippen LogP contribution is -2.29. The van der Waals surface area contributed by atoms with Gasteiger partial charge in [0, 0.05) is 30.1 Å². The molecule has 1 amide bonds. The number of rotatable bonds is 6. The Balaban J connectivity index is 1.58. The number of carbonyl (C=O) groups is 2. The minimum Gasteiger partial charge on any atom is -0.478 e. The molecule has 3 N–H and O–H groups in total. The number of carboxylic acid groups (broad SMARTS) is 1. The number of anilines is 2. The molecule has 3 heterocycles. The van der Waals surface area contributed by atoms with Gasteiger partial charge in [0.15, 0.2) is 5.11 Å². The maximum Gasteiger partial charge on any atom is 0.336 e. The fourth-order valence-electron chi connectivity index (χ4n) is 4.37. The quantitative estimate of drug-likeness (QED) is 0.312. The van der Waals surface area contributed by atoms with E-state index in [1.807, 2.05) is 41.3 Å². The summed E-state index contributed by atoms with van der Waals surface area (Å²) in [5, 5.41) is 16.2. The molecule has 1 fully saturated rings. The minimum atomic E-state index is -1.03. The van der Waals surface area contributed by atoms with Gasteiger partial charge in [0.05, 0.1) is 17.3 Å². The molecule has 0 spiro atoms. The number of nitrogens with zero attached hydrogens (tertiary/aromatic N) is 2. The molecule has 2 aromatic heterocycles. The number of pyridine rings is 1. The number of aromatic carboxylic acids is 1. The van der Waals surface area contributed by atoms with Gasteiger partial charge >= 0.3 is 5.97 Å². The van der Waals surface area contributed by atoms with Crippen molar-refractivity contribution in [3.05, 3.63) is 102 Å². The Morgan fingerprint density at radius 1 is 1.03 bits per heavy atom. The largest absolute Gasteiger partial charge is 0.478 e. The molecule has 2 aromatic carbocycles. The first-order valence-electron chi connectivity index (χ1n) is 11.2. The predicted octanol–water partition coefficient (Wildman–Crippen LogP) is 5.18. The van der Waals surface area contributed by atoms with E-state index in [-0.39, 0.29) is 17.5 Å². The fourth-order valence-corrected chi connectivity index (χ4v) is 4.72. The number of amides is 1. The highest BCUT2D eigenvalue weighted by atomic mass is 32.1. The smallest absolute Gasteiger partial charge is 0.336 e. The maximum absolute atomic E-state index is 11.8. The molecular weight excluding hydrogens is 476 g/mol. The van der Waals surface area contributed by atoms with Crippen molar-refractivity contribution in [1.29, 1.82) is 0 Å². The first-order chi connectivity index (χ1) is 17.4. The molecule has 4 aromatic rings. The van der Waals surface area contributed by atoms with Crippen molar-refractivity contribution < 1.29 is 19.1 Å². The number of thiocarbonyl (C=S) groups is 1. The van der Waals surface area contributed by atoms with Crippen LogP contribution in [0.3, 0.4) is 0 Å². The van der Waals surface area contributed by atoms with Crippen molar-refractivity contribution in [1.82, 2.24) is 10.3 Å². The van der Waals surface area contributed by atoms with E-state index in [4.69, 9.17) is 16.6 Å². The van der Waals surface area contributed by atoms with Crippen molar-refractivity contribution in [2.75, 3.05) is 10.2 Å². The fraction of sp³-hybridized carbons (Fsp3) is 0.111. The topological polar surface area (TPSA) is 108 Å². The number of hydrogen-bond acceptors (Lipinski definition) is 5. The molecule has 0 radical (unpaired) electrons. The van der Waals surface area contributed by atoms with E-state index in [2.05, 4.69) is 15.6 Å². The third-order valence-electron chi connectivity index (χ3n) is 5.91. The number of carboxylic acids is 1. The highest BCUT2D eigenvalue weighted by molar-refractivity contribution is 7.80. The van der Waals surface area contributed by atoms with E-state index >= 15 is 0 Å². The average Bonchev–Trinajstić information content (AvgIpc) is 3.49. The molecule has 5 rings (SSSR count). The van der Waals surface area contributed by atoms with Gasteiger partial charge < -0.3 is 25.1 Å². The van der Waals surface area contributed by atoms with Crippen LogP contribution in [0, 0.1) is 0 Å². The second kappa shape index (κ2) is 9.63. The zero-order valence-corrected chi connectivity index (χ0v) is 20.0. The van der Waals surface area contributed by atoms with Gasteiger partial charge in [0.2, 0.25) is 5.91 Å². The van der Waals surface area contributed by atoms with Crippen molar-refractivity contribution in [3.63, 3.8) is 0 Å². The highest BCUT2D eigenvalue weighted by Crippen LogP contribution is 2.43. The lowest BCUT2D eigenvalue weighted by Gasteiger charge is -2.26. The number of benzene rings is 2. The molecule has 180 valence electrons. The van der Waals surface area contributed by atoms with E-state index in [1.54, 1.807) is 48.7 Å². The van der Waals surface area contributed by atoms with Crippen molar-refractivity contribution in [2.45, 2.75) is 19.0 Å². The van der Waals surface area contributed by atoms with Gasteiger partial charge in [-0.15, -0.1) is 0 Å². The number of nitrogens with one attached hydrogen (secondary N) is 2. The molecule has 36 heavy (non-hydrogen) atoms. The van der Waals surface area contributed by atoms with Gasteiger partial charge in [-0.1, -0.05) is 24.3 Å². The Hall–Kier alpha value is -4.50. The third-order valence-corrected chi connectivity index (χ3v) is 6.22. The second-order valence-corrected chi connectivity index (χ2v) is 8.66. The van der Waals surface area contributed by atoms with Gasteiger partial charge in [-0.3, -0.25) is 9.78 Å². The first kappa shape index (κ1) is 23.3. The Morgan fingerprint density at radius 2 is 1.78 bits per heavy atom. The number of hydrogen-bond donors (Lipinski definition) is 3. The molecule has 1 aliphatic heterocycles. The Kier molecular flexibility index (Phi) is 6.22. The van der Waals surface area contributed by atoms with Crippen LogP contribution < -0.4 is 15.5 Å². The molecule has 0 saturated carbocycles. The van der Waals surface area contributed by atoms with Crippen LogP contribution in [0.15, 0.2) is 89.5 Å². The van der Waals surface area contributed by atoms with Crippen LogP contribution in [-0.4, -0.2) is 27.1 Å². The Morgan fingerprint density at radius 3 is 2.47 bits per heavy atom. The van der Waals surface area contributed by atoms with Gasteiger partial charge in [0.25, 0.3) is 0 Å². The first-order valence-corrected chi connectivity index (χ1v) is 11.6. The summed E-state index contributed by atoms with van der Waals surface area (Å²) < 4.78 is 6.28. The van der Waals surface area contributed by atoms with Crippen molar-refractivity contribution in [3.8, 4) is 11.3 Å². The van der Waals surface area contributed by atoms with Crippen LogP contribution in [-0.2, 0) is 4.79 Å². The Labute approximate surface area is 212 Å². The van der Waals surface area contributed by atoms with Crippen LogP contribution in [0.1, 0.15) is 40.8 Å². The van der Waals surface area contributed by atoms with Crippen LogP contribution in [0.25, 0.3) is 11.3 Å². The Bertz CT molecular complexity index is 1440. The molecule has 1 saturated heterocycles. The summed E-state index contributed by atoms with van der Waals surface area (Å²) in [5.74, 6) is -0.140. The van der Waals surface area contributed by atoms with Gasteiger partial charge in [-0.25, -0.2) is 4.79 Å². The number of carbonyl (C=O) groups excluding carboxylic acids is 1. The molecule has 2 atom stereocenters. The normalized spacial score (nSPS) is 17.0. The van der Waals surface area contributed by atoms with E-state index in [0.717, 1.165) is 11.4 Å². The average molecular weight is 499 g/mol. The van der Waals surface area contributed by atoms with Crippen LogP contribution in [0.4, 0.5) is 11.4 Å². The van der Waals surface area contributed by atoms with Gasteiger partial charge in [0.1, 0.15) is 17.6 Å². The van der Waals surface area contributed by atoms with E-state index in [9.17, 15) is 14.7 Å². The van der Waals surface area contributed by atoms with Gasteiger partial charge in [-0.2, -0.15) is 0 Å². The monoisotopic (exact) mass is 498 g/mol. The molecule has 8 nitrogen and oxygen atoms in total. The summed E-state index contributed by atoms with van der Waals surface area (Å²) in [7, 11) is 0. The van der Waals surface area contributed by atoms with Crippen LogP contribution in [0.2, 0.25) is 0 Å². The van der Waals surface area contributed by atoms with Gasteiger partial charge in [-0.05, 0) is 66.8 Å². The molecule has 1 aliphatic rings. The second-order valence-electron chi connectivity index (χ2n) is 8.28. The van der Waals surface area contributed by atoms with E-state index < -0.39 is 12.0 Å². The summed E-state index contributed by atoms with van der Waals surface area (Å²) >= 11 is 5.73. The molecular formula is C27H22N4O4S. The molecule has 0 bridgehead atoms. The number of furan rings is 1. The third kappa shape index (κ3) is 4.44. The van der Waals surface area contributed by atoms with Crippen molar-refractivity contribution >= 4 is 40.6 Å². The SMILES string of the molecule is CC(=O)Nc1ccc(N2C(=S)N[C@H](c3ccccn3)[C@H]2c2ccc(-c3ccccc3C(=O)O)o2)cc1. The summed E-state index contributed by atoms with van der Waals surface area (Å²) in [4.78, 5) is 29.7.